The van der Waals surface area contributed by atoms with Crippen molar-refractivity contribution in [3.63, 3.8) is 0 Å². The molecular weight excluding hydrogens is 673 g/mol. The van der Waals surface area contributed by atoms with Crippen molar-refractivity contribution in [3.05, 3.63) is 180 Å². The minimum atomic E-state index is -0.366. The summed E-state index contributed by atoms with van der Waals surface area (Å²) in [4.78, 5) is 56.2. The van der Waals surface area contributed by atoms with E-state index in [2.05, 4.69) is 0 Å². The van der Waals surface area contributed by atoms with Crippen LogP contribution >= 0.6 is 0 Å². The van der Waals surface area contributed by atoms with Gasteiger partial charge in [-0.05, 0) is 123 Å². The topological polar surface area (TPSA) is 127 Å². The Bertz CT molecular complexity index is 2500. The number of rotatable bonds is 6. The van der Waals surface area contributed by atoms with Crippen molar-refractivity contribution in [3.8, 4) is 44.5 Å². The van der Waals surface area contributed by atoms with Gasteiger partial charge in [0.25, 0.3) is 23.6 Å². The molecular formula is C46H30N4O4. The molecule has 0 fully saturated rings. The summed E-state index contributed by atoms with van der Waals surface area (Å²) in [5.74, 6) is -1.45. The van der Waals surface area contributed by atoms with Gasteiger partial charge in [0.2, 0.25) is 0 Å². The molecule has 2 aliphatic heterocycles. The normalized spacial score (nSPS) is 13.4. The van der Waals surface area contributed by atoms with Crippen LogP contribution in [0, 0.1) is 0 Å². The number of benzene rings is 7. The highest BCUT2D eigenvalue weighted by molar-refractivity contribution is 6.35. The number of amides is 4. The van der Waals surface area contributed by atoms with Gasteiger partial charge < -0.3 is 11.5 Å². The number of hydrogen-bond donors (Lipinski definition) is 2. The van der Waals surface area contributed by atoms with Crippen LogP contribution in [-0.4, -0.2) is 23.6 Å². The van der Waals surface area contributed by atoms with Crippen molar-refractivity contribution in [1.82, 2.24) is 0 Å². The third-order valence-corrected chi connectivity index (χ3v) is 10.0. The molecule has 2 aliphatic rings. The van der Waals surface area contributed by atoms with E-state index in [1.807, 2.05) is 84.9 Å². The number of nitrogens with two attached hydrogens (primary N) is 2. The summed E-state index contributed by atoms with van der Waals surface area (Å²) in [6.07, 6.45) is 0. The van der Waals surface area contributed by atoms with Crippen molar-refractivity contribution < 1.29 is 19.2 Å². The molecule has 9 rings (SSSR count). The Morgan fingerprint density at radius 2 is 0.593 bits per heavy atom. The molecule has 0 aromatic heterocycles. The lowest BCUT2D eigenvalue weighted by atomic mass is 9.98. The first kappa shape index (κ1) is 32.3. The fourth-order valence-corrected chi connectivity index (χ4v) is 7.15. The molecule has 54 heavy (non-hydrogen) atoms. The largest absolute Gasteiger partial charge is 0.399 e. The van der Waals surface area contributed by atoms with Gasteiger partial charge in [-0.3, -0.25) is 19.2 Å². The third-order valence-electron chi connectivity index (χ3n) is 10.0. The predicted octanol–water partition coefficient (Wildman–Crippen LogP) is 9.12. The lowest BCUT2D eigenvalue weighted by Gasteiger charge is -2.15. The molecule has 0 aliphatic carbocycles. The van der Waals surface area contributed by atoms with Crippen LogP contribution in [0.5, 0.6) is 0 Å². The lowest BCUT2D eigenvalue weighted by molar-refractivity contribution is 0.0910. The van der Waals surface area contributed by atoms with E-state index in [0.29, 0.717) is 45.0 Å². The van der Waals surface area contributed by atoms with Gasteiger partial charge in [-0.15, -0.1) is 0 Å². The molecule has 0 radical (unpaired) electrons. The molecule has 4 amide bonds. The molecule has 8 nitrogen and oxygen atoms in total. The number of carbonyl (C=O) groups excluding carboxylic acids is 4. The van der Waals surface area contributed by atoms with E-state index in [4.69, 9.17) is 11.5 Å². The number of fused-ring (bicyclic) bond motifs is 2. The van der Waals surface area contributed by atoms with E-state index in [9.17, 15) is 19.2 Å². The molecule has 0 atom stereocenters. The molecule has 0 saturated carbocycles. The van der Waals surface area contributed by atoms with Gasteiger partial charge in [-0.2, -0.15) is 0 Å². The summed E-state index contributed by atoms with van der Waals surface area (Å²) in [6, 6.07) is 48.0. The predicted molar refractivity (Wildman–Crippen MR) is 212 cm³/mol. The van der Waals surface area contributed by atoms with Gasteiger partial charge in [0.1, 0.15) is 0 Å². The van der Waals surface area contributed by atoms with Crippen LogP contribution < -0.4 is 21.3 Å². The van der Waals surface area contributed by atoms with Crippen LogP contribution in [-0.2, 0) is 0 Å². The molecule has 4 N–H and O–H groups in total. The average molecular weight is 703 g/mol. The second kappa shape index (κ2) is 12.6. The van der Waals surface area contributed by atoms with Crippen LogP contribution in [0.25, 0.3) is 44.5 Å². The van der Waals surface area contributed by atoms with Crippen LogP contribution in [0.2, 0.25) is 0 Å². The summed E-state index contributed by atoms with van der Waals surface area (Å²) < 4.78 is 0. The first-order valence-electron chi connectivity index (χ1n) is 17.3. The van der Waals surface area contributed by atoms with E-state index < -0.39 is 0 Å². The Labute approximate surface area is 310 Å². The SMILES string of the molecule is Nc1ccc(-c2ccc3c(c2)C(=O)N(c2ccc(-c4cccc(-c5ccc(N6C(=O)c7ccc(-c8ccc(N)cc8)cc7C6=O)cc5)c4)cc2)C3=O)cc1. The first-order chi connectivity index (χ1) is 26.2. The van der Waals surface area contributed by atoms with E-state index in [0.717, 1.165) is 44.5 Å². The summed E-state index contributed by atoms with van der Waals surface area (Å²) >= 11 is 0. The number of carbonyl (C=O) groups is 4. The highest BCUT2D eigenvalue weighted by Gasteiger charge is 2.38. The molecule has 258 valence electrons. The molecule has 0 saturated heterocycles. The van der Waals surface area contributed by atoms with Gasteiger partial charge in [0, 0.05) is 11.4 Å². The Morgan fingerprint density at radius 1 is 0.296 bits per heavy atom. The van der Waals surface area contributed by atoms with Crippen LogP contribution in [0.4, 0.5) is 22.7 Å². The number of nitrogen functional groups attached to an aromatic ring is 2. The standard InChI is InChI=1S/C46H30N4O4/c47-35-14-4-27(5-15-35)33-12-22-39-41(25-33)45(53)49(43(39)51)37-18-8-29(9-19-37)31-2-1-3-32(24-31)30-10-20-38(21-11-30)50-44(52)40-23-13-34(26-42(40)46(50)54)28-6-16-36(48)17-7-28/h1-26H,47-48H2. The van der Waals surface area contributed by atoms with Crippen molar-refractivity contribution in [2.75, 3.05) is 21.3 Å². The van der Waals surface area contributed by atoms with Crippen molar-refractivity contribution in [2.45, 2.75) is 0 Å². The fraction of sp³-hybridized carbons (Fsp3) is 0. The Hall–Kier alpha value is -7.58. The quantitative estimate of drug-likeness (QED) is 0.132. The minimum absolute atomic E-state index is 0.360. The van der Waals surface area contributed by atoms with Crippen molar-refractivity contribution in [1.29, 1.82) is 0 Å². The molecule has 2 heterocycles. The Kier molecular flexibility index (Phi) is 7.53. The van der Waals surface area contributed by atoms with Crippen LogP contribution in [0.15, 0.2) is 158 Å². The maximum absolute atomic E-state index is 13.5. The number of imide groups is 2. The fourth-order valence-electron chi connectivity index (χ4n) is 7.15. The molecule has 7 aromatic rings. The van der Waals surface area contributed by atoms with E-state index >= 15 is 0 Å². The van der Waals surface area contributed by atoms with Gasteiger partial charge >= 0.3 is 0 Å². The summed E-state index contributed by atoms with van der Waals surface area (Å²) in [6.45, 7) is 0. The van der Waals surface area contributed by atoms with Crippen molar-refractivity contribution >= 4 is 46.4 Å². The second-order valence-electron chi connectivity index (χ2n) is 13.3. The molecule has 0 spiro atoms. The average Bonchev–Trinajstić information content (AvgIpc) is 3.61. The zero-order valence-electron chi connectivity index (χ0n) is 28.7. The van der Waals surface area contributed by atoms with E-state index in [1.54, 1.807) is 72.8 Å². The lowest BCUT2D eigenvalue weighted by Crippen LogP contribution is -2.29. The maximum Gasteiger partial charge on any atom is 0.266 e. The Balaban J connectivity index is 0.923. The molecule has 0 unspecified atom stereocenters. The van der Waals surface area contributed by atoms with Crippen LogP contribution in [0.3, 0.4) is 0 Å². The molecule has 7 aromatic carbocycles. The summed E-state index contributed by atoms with van der Waals surface area (Å²) in [7, 11) is 0. The van der Waals surface area contributed by atoms with Crippen molar-refractivity contribution in [2.24, 2.45) is 0 Å². The highest BCUT2D eigenvalue weighted by atomic mass is 16.2. The minimum Gasteiger partial charge on any atom is -0.399 e. The molecule has 0 bridgehead atoms. The maximum atomic E-state index is 13.5. The highest BCUT2D eigenvalue weighted by Crippen LogP contribution is 2.36. The number of anilines is 4. The third kappa shape index (κ3) is 5.41. The summed E-state index contributed by atoms with van der Waals surface area (Å²) in [5, 5.41) is 0. The van der Waals surface area contributed by atoms with Gasteiger partial charge in [-0.1, -0.05) is 78.9 Å². The van der Waals surface area contributed by atoms with Crippen LogP contribution in [0.1, 0.15) is 41.4 Å². The van der Waals surface area contributed by atoms with E-state index in [-0.39, 0.29) is 23.6 Å². The first-order valence-corrected chi connectivity index (χ1v) is 17.3. The van der Waals surface area contributed by atoms with Gasteiger partial charge in [0.05, 0.1) is 33.6 Å². The second-order valence-corrected chi connectivity index (χ2v) is 13.3. The monoisotopic (exact) mass is 702 g/mol. The number of hydrogen-bond acceptors (Lipinski definition) is 6. The zero-order valence-corrected chi connectivity index (χ0v) is 28.7. The van der Waals surface area contributed by atoms with E-state index in [1.165, 1.54) is 9.80 Å². The van der Waals surface area contributed by atoms with Gasteiger partial charge in [-0.25, -0.2) is 9.80 Å². The smallest absolute Gasteiger partial charge is 0.266 e. The Morgan fingerprint density at radius 3 is 0.963 bits per heavy atom. The zero-order chi connectivity index (χ0) is 37.1. The molecule has 8 heteroatoms. The number of nitrogens with zero attached hydrogens (tertiary/aromatic N) is 2. The van der Waals surface area contributed by atoms with Gasteiger partial charge in [0.15, 0.2) is 0 Å². The summed E-state index contributed by atoms with van der Waals surface area (Å²) in [5.41, 5.74) is 22.6.